The van der Waals surface area contributed by atoms with Crippen molar-refractivity contribution in [2.75, 3.05) is 107 Å². The highest BCUT2D eigenvalue weighted by atomic mass is 16.7. The van der Waals surface area contributed by atoms with Crippen LogP contribution in [-0.4, -0.2) is 107 Å². The Kier molecular flexibility index (Phi) is 25.1. The molecular formula is C82H86O18. The molecule has 10 aromatic rings. The molecular weight excluding hydrogens is 1270 g/mol. The Morgan fingerprint density at radius 2 is 0.500 bits per heavy atom. The first-order valence-corrected chi connectivity index (χ1v) is 34.1. The monoisotopic (exact) mass is 1360 g/mol. The largest absolute Gasteiger partial charge is 0.494 e. The minimum absolute atomic E-state index is 0.00865. The third-order valence-corrected chi connectivity index (χ3v) is 17.5. The van der Waals surface area contributed by atoms with Crippen molar-refractivity contribution in [2.45, 2.75) is 52.4 Å². The van der Waals surface area contributed by atoms with Crippen molar-refractivity contribution < 1.29 is 85.3 Å². The summed E-state index contributed by atoms with van der Waals surface area (Å²) in [7, 11) is 0. The average molecular weight is 1360 g/mol. The number of fused-ring (bicyclic) bond motifs is 2. The van der Waals surface area contributed by atoms with Crippen LogP contribution in [-0.2, 0) is 18.9 Å². The smallest absolute Gasteiger partial charge is 0.230 e. The zero-order valence-corrected chi connectivity index (χ0v) is 56.7. The summed E-state index contributed by atoms with van der Waals surface area (Å²) in [4.78, 5) is 0. The maximum absolute atomic E-state index is 6.51. The summed E-state index contributed by atoms with van der Waals surface area (Å²) in [5, 5.41) is 4.03. The van der Waals surface area contributed by atoms with Crippen LogP contribution in [0.1, 0.15) is 52.4 Å². The van der Waals surface area contributed by atoms with Crippen LogP contribution in [0.15, 0.2) is 218 Å². The van der Waals surface area contributed by atoms with E-state index in [4.69, 9.17) is 85.3 Å². The molecule has 0 unspecified atom stereocenters. The van der Waals surface area contributed by atoms with Gasteiger partial charge in [0.25, 0.3) is 0 Å². The molecule has 0 amide bonds. The number of hydrogen-bond acceptors (Lipinski definition) is 18. The Labute approximate surface area is 584 Å². The summed E-state index contributed by atoms with van der Waals surface area (Å²) in [5.41, 5.74) is 2.15. The highest BCUT2D eigenvalue weighted by Crippen LogP contribution is 2.46. The SMILES string of the molecule is CCC1(COCCCCOc2ccc(OCOc3ccc(OCOc4ccc(OCOc5ccc6ccccc6c5-c5c(OCOc6ccc(OCOc7ccc(OCOc8ccc(OCCCCOCC9(CC)COC9)cc8)cc7)cc6)ccc6ccccc56)cc4)cc3)cc2)COC1. The predicted octanol–water partition coefficient (Wildman–Crippen LogP) is 17.4. The fourth-order valence-corrected chi connectivity index (χ4v) is 11.2. The molecule has 0 N–H and O–H groups in total. The first-order valence-electron chi connectivity index (χ1n) is 34.1. The summed E-state index contributed by atoms with van der Waals surface area (Å²) >= 11 is 0. The number of unbranched alkanes of at least 4 members (excludes halogenated alkanes) is 2. The van der Waals surface area contributed by atoms with Gasteiger partial charge in [-0.2, -0.15) is 0 Å². The normalized spacial score (nSPS) is 13.4. The summed E-state index contributed by atoms with van der Waals surface area (Å²) in [5.74, 6) is 9.05. The van der Waals surface area contributed by atoms with E-state index in [9.17, 15) is 0 Å². The van der Waals surface area contributed by atoms with Gasteiger partial charge in [-0.25, -0.2) is 0 Å². The van der Waals surface area contributed by atoms with E-state index < -0.39 is 0 Å². The molecule has 0 bridgehead atoms. The van der Waals surface area contributed by atoms with Crippen LogP contribution in [0.2, 0.25) is 0 Å². The van der Waals surface area contributed by atoms with Crippen molar-refractivity contribution in [3.05, 3.63) is 218 Å². The first kappa shape index (κ1) is 69.7. The zero-order valence-electron chi connectivity index (χ0n) is 56.7. The molecule has 0 radical (unpaired) electrons. The molecule has 2 saturated heterocycles. The van der Waals surface area contributed by atoms with E-state index >= 15 is 0 Å². The minimum atomic E-state index is -0.0729. The lowest BCUT2D eigenvalue weighted by Crippen LogP contribution is -2.45. The van der Waals surface area contributed by atoms with Gasteiger partial charge >= 0.3 is 0 Å². The number of ether oxygens (including phenoxy) is 18. The molecule has 100 heavy (non-hydrogen) atoms. The van der Waals surface area contributed by atoms with Gasteiger partial charge in [-0.15, -0.1) is 0 Å². The van der Waals surface area contributed by atoms with Gasteiger partial charge < -0.3 is 85.3 Å². The van der Waals surface area contributed by atoms with E-state index in [0.29, 0.717) is 82.2 Å². The van der Waals surface area contributed by atoms with Gasteiger partial charge in [-0.3, -0.25) is 0 Å². The quantitative estimate of drug-likeness (QED) is 0.0261. The molecule has 2 heterocycles. The molecule has 0 aromatic heterocycles. The standard InChI is InChI=1S/C82H86O18/c1-3-81(51-85-52-81)49-83-45-9-11-47-87-63-19-23-65(24-20-63)89-55-91-67-27-31-69(32-28-67)93-57-95-71-35-39-73(40-36-71)97-59-99-77-43-17-61-13-5-7-15-75(61)79(77)80-76-16-8-6-14-62(76)18-44-78(80)100-60-98-74-41-37-72(38-42-74)96-58-94-70-33-29-68(30-34-70)92-56-90-66-25-21-64(22-26-66)88-48-12-10-46-84-50-82(4-2)53-86-54-82/h5-8,13-44H,3-4,9-12,45-60H2,1-2H3. The second-order valence-corrected chi connectivity index (χ2v) is 24.5. The molecule has 18 heteroatoms. The second kappa shape index (κ2) is 36.0. The van der Waals surface area contributed by atoms with E-state index in [1.165, 1.54) is 0 Å². The molecule has 10 aromatic carbocycles. The fourth-order valence-electron chi connectivity index (χ4n) is 11.2. The van der Waals surface area contributed by atoms with Crippen LogP contribution in [0, 0.1) is 10.8 Å². The lowest BCUT2D eigenvalue weighted by atomic mass is 9.84. The van der Waals surface area contributed by atoms with Crippen molar-refractivity contribution in [3.8, 4) is 91.6 Å². The van der Waals surface area contributed by atoms with Crippen molar-refractivity contribution in [2.24, 2.45) is 10.8 Å². The Hall–Kier alpha value is -10.2. The molecule has 12 rings (SSSR count). The van der Waals surface area contributed by atoms with Crippen LogP contribution >= 0.6 is 0 Å². The molecule has 18 nitrogen and oxygen atoms in total. The minimum Gasteiger partial charge on any atom is -0.494 e. The molecule has 522 valence electrons. The average Bonchev–Trinajstić information content (AvgIpc) is 0.755. The maximum atomic E-state index is 6.51. The summed E-state index contributed by atoms with van der Waals surface area (Å²) in [6.45, 7) is 11.8. The fraction of sp³-hybridized carbons (Fsp3) is 0.317. The van der Waals surface area contributed by atoms with Gasteiger partial charge in [0.05, 0.1) is 52.9 Å². The lowest BCUT2D eigenvalue weighted by molar-refractivity contribution is -0.150. The summed E-state index contributed by atoms with van der Waals surface area (Å²) in [6, 6.07) is 68.5. The molecule has 2 aliphatic heterocycles. The lowest BCUT2D eigenvalue weighted by Gasteiger charge is -2.40. The van der Waals surface area contributed by atoms with Gasteiger partial charge in [0.15, 0.2) is 0 Å². The highest BCUT2D eigenvalue weighted by Gasteiger charge is 2.38. The van der Waals surface area contributed by atoms with E-state index in [1.807, 2.05) is 194 Å². The van der Waals surface area contributed by atoms with Crippen LogP contribution in [0.4, 0.5) is 0 Å². The molecule has 0 aliphatic carbocycles. The van der Waals surface area contributed by atoms with Gasteiger partial charge in [0.1, 0.15) is 80.5 Å². The second-order valence-electron chi connectivity index (χ2n) is 24.5. The summed E-state index contributed by atoms with van der Waals surface area (Å²) in [6.07, 6.45) is 5.91. The zero-order chi connectivity index (χ0) is 68.3. The highest BCUT2D eigenvalue weighted by molar-refractivity contribution is 6.09. The Bertz CT molecular complexity index is 3790. The number of hydrogen-bond donors (Lipinski definition) is 0. The van der Waals surface area contributed by atoms with Crippen molar-refractivity contribution in [1.29, 1.82) is 0 Å². The van der Waals surface area contributed by atoms with Gasteiger partial charge in [-0.05, 0) is 218 Å². The van der Waals surface area contributed by atoms with Crippen molar-refractivity contribution >= 4 is 21.5 Å². The van der Waals surface area contributed by atoms with Crippen molar-refractivity contribution in [1.82, 2.24) is 0 Å². The van der Waals surface area contributed by atoms with E-state index in [2.05, 4.69) is 38.1 Å². The topological polar surface area (TPSA) is 166 Å². The van der Waals surface area contributed by atoms with Crippen LogP contribution in [0.25, 0.3) is 32.7 Å². The van der Waals surface area contributed by atoms with Gasteiger partial charge in [0, 0.05) is 35.2 Å². The molecule has 0 saturated carbocycles. The van der Waals surface area contributed by atoms with E-state index in [1.54, 1.807) is 0 Å². The van der Waals surface area contributed by atoms with Crippen molar-refractivity contribution in [3.63, 3.8) is 0 Å². The van der Waals surface area contributed by atoms with Gasteiger partial charge in [0.2, 0.25) is 40.8 Å². The maximum Gasteiger partial charge on any atom is 0.230 e. The third-order valence-electron chi connectivity index (χ3n) is 17.5. The van der Waals surface area contributed by atoms with E-state index in [-0.39, 0.29) is 51.6 Å². The number of benzene rings is 10. The van der Waals surface area contributed by atoms with Gasteiger partial charge in [-0.1, -0.05) is 74.5 Å². The number of rotatable bonds is 43. The molecule has 2 fully saturated rings. The molecule has 0 spiro atoms. The Morgan fingerprint density at radius 3 is 0.750 bits per heavy atom. The van der Waals surface area contributed by atoms with Crippen LogP contribution in [0.3, 0.4) is 0 Å². The third kappa shape index (κ3) is 20.0. The Balaban J connectivity index is 0.546. The summed E-state index contributed by atoms with van der Waals surface area (Å²) < 4.78 is 106. The molecule has 2 aliphatic rings. The Morgan fingerprint density at radius 1 is 0.260 bits per heavy atom. The molecule has 0 atom stereocenters. The predicted molar refractivity (Wildman–Crippen MR) is 380 cm³/mol. The van der Waals surface area contributed by atoms with Crippen LogP contribution < -0.4 is 66.3 Å². The van der Waals surface area contributed by atoms with E-state index in [0.717, 1.165) is 136 Å². The van der Waals surface area contributed by atoms with Crippen LogP contribution in [0.5, 0.6) is 80.5 Å². The first-order chi connectivity index (χ1) is 49.4.